The second-order valence-electron chi connectivity index (χ2n) is 9.48. The fourth-order valence-electron chi connectivity index (χ4n) is 4.23. The van der Waals surface area contributed by atoms with Crippen molar-refractivity contribution in [2.24, 2.45) is 5.10 Å². The molecule has 0 bridgehead atoms. The SMILES string of the molecule is Cc1cccn2c(=O)c(/C=N/Nc3ccc([N+](=O)[O-])cc3S(=O)(=O)Nc3ccccc3Cl)c(Nc3ccc(SC(F)F)cc3)nc12. The van der Waals surface area contributed by atoms with Gasteiger partial charge >= 0.3 is 0 Å². The maximum Gasteiger partial charge on any atom is 0.288 e. The molecule has 0 spiro atoms. The van der Waals surface area contributed by atoms with E-state index < -0.39 is 36.8 Å². The van der Waals surface area contributed by atoms with Gasteiger partial charge in [-0.25, -0.2) is 13.4 Å². The summed E-state index contributed by atoms with van der Waals surface area (Å²) in [4.78, 5) is 28.7. The van der Waals surface area contributed by atoms with E-state index in [9.17, 15) is 32.1 Å². The Morgan fingerprint density at radius 3 is 2.50 bits per heavy atom. The number of hydrogen-bond acceptors (Lipinski definition) is 10. The minimum Gasteiger partial charge on any atom is -0.339 e. The number of alkyl halides is 2. The summed E-state index contributed by atoms with van der Waals surface area (Å²) < 4.78 is 55.8. The number of fused-ring (bicyclic) bond motifs is 1. The molecule has 0 saturated heterocycles. The highest BCUT2D eigenvalue weighted by Crippen LogP contribution is 2.31. The number of nitro groups is 1. The van der Waals surface area contributed by atoms with Crippen LogP contribution in [0, 0.1) is 17.0 Å². The first-order valence-electron chi connectivity index (χ1n) is 13.1. The van der Waals surface area contributed by atoms with E-state index in [0.717, 1.165) is 24.4 Å². The van der Waals surface area contributed by atoms with Gasteiger partial charge in [0.1, 0.15) is 21.9 Å². The summed E-state index contributed by atoms with van der Waals surface area (Å²) in [6.07, 6.45) is 2.64. The van der Waals surface area contributed by atoms with Crippen LogP contribution in [-0.2, 0) is 10.0 Å². The average Bonchev–Trinajstić information content (AvgIpc) is 3.01. The van der Waals surface area contributed by atoms with Gasteiger partial charge in [0.15, 0.2) is 0 Å². The van der Waals surface area contributed by atoms with Gasteiger partial charge in [0.2, 0.25) is 0 Å². The number of aryl methyl sites for hydroxylation is 1. The zero-order chi connectivity index (χ0) is 33.0. The van der Waals surface area contributed by atoms with Gasteiger partial charge in [-0.05, 0) is 61.0 Å². The highest BCUT2D eigenvalue weighted by atomic mass is 35.5. The van der Waals surface area contributed by atoms with Crippen molar-refractivity contribution in [1.29, 1.82) is 0 Å². The minimum atomic E-state index is -4.43. The molecule has 0 unspecified atom stereocenters. The molecule has 17 heteroatoms. The lowest BCUT2D eigenvalue weighted by atomic mass is 10.2. The van der Waals surface area contributed by atoms with E-state index in [1.54, 1.807) is 43.3 Å². The summed E-state index contributed by atoms with van der Waals surface area (Å²) in [5.74, 6) is -2.51. The average molecular weight is 686 g/mol. The summed E-state index contributed by atoms with van der Waals surface area (Å²) in [7, 11) is -4.43. The molecule has 0 aliphatic heterocycles. The van der Waals surface area contributed by atoms with Crippen molar-refractivity contribution < 1.29 is 22.1 Å². The molecule has 0 aliphatic carbocycles. The minimum absolute atomic E-state index is 0.0397. The normalized spacial score (nSPS) is 11.7. The molecule has 46 heavy (non-hydrogen) atoms. The Labute approximate surface area is 269 Å². The number of para-hydroxylation sites is 1. The lowest BCUT2D eigenvalue weighted by Crippen LogP contribution is -2.22. The molecule has 3 aromatic carbocycles. The van der Waals surface area contributed by atoms with Gasteiger partial charge in [0.05, 0.1) is 27.5 Å². The fraction of sp³-hybridized carbons (Fsp3) is 0.0690. The summed E-state index contributed by atoms with van der Waals surface area (Å²) >= 11 is 6.50. The number of halogens is 3. The Hall–Kier alpha value is -5.06. The van der Waals surface area contributed by atoms with E-state index in [1.165, 1.54) is 34.9 Å². The van der Waals surface area contributed by atoms with Crippen LogP contribution in [-0.4, -0.2) is 34.7 Å². The molecule has 12 nitrogen and oxygen atoms in total. The third kappa shape index (κ3) is 7.25. The van der Waals surface area contributed by atoms with Gasteiger partial charge in [-0.3, -0.25) is 29.5 Å². The number of anilines is 4. The molecule has 0 amide bonds. The van der Waals surface area contributed by atoms with Crippen LogP contribution in [0.15, 0.2) is 105 Å². The second kappa shape index (κ2) is 13.5. The number of hydrogen-bond donors (Lipinski definition) is 3. The predicted octanol–water partition coefficient (Wildman–Crippen LogP) is 6.87. The zero-order valence-electron chi connectivity index (χ0n) is 23.5. The van der Waals surface area contributed by atoms with Crippen molar-refractivity contribution in [3.05, 3.63) is 122 Å². The number of benzene rings is 3. The lowest BCUT2D eigenvalue weighted by Gasteiger charge is -2.13. The van der Waals surface area contributed by atoms with Crippen LogP contribution in [0.4, 0.5) is 37.3 Å². The summed E-state index contributed by atoms with van der Waals surface area (Å²) in [5.41, 5.74) is 2.88. The third-order valence-corrected chi connectivity index (χ3v) is 8.85. The number of nitro benzene ring substituents is 1. The highest BCUT2D eigenvalue weighted by molar-refractivity contribution is 7.99. The van der Waals surface area contributed by atoms with E-state index >= 15 is 0 Å². The van der Waals surface area contributed by atoms with Crippen LogP contribution in [0.3, 0.4) is 0 Å². The Morgan fingerprint density at radius 1 is 1.07 bits per heavy atom. The quantitative estimate of drug-likeness (QED) is 0.0583. The van der Waals surface area contributed by atoms with E-state index in [2.05, 4.69) is 25.6 Å². The molecule has 0 aliphatic rings. The van der Waals surface area contributed by atoms with E-state index in [1.807, 2.05) is 0 Å². The number of aromatic nitrogens is 2. The number of thioether (sulfide) groups is 1. The first-order chi connectivity index (χ1) is 21.9. The van der Waals surface area contributed by atoms with Crippen molar-refractivity contribution in [3.8, 4) is 0 Å². The number of sulfonamides is 1. The van der Waals surface area contributed by atoms with Crippen LogP contribution in [0.25, 0.3) is 5.65 Å². The summed E-state index contributed by atoms with van der Waals surface area (Å²) in [6.45, 7) is 1.77. The number of hydrazone groups is 1. The molecule has 2 aromatic heterocycles. The summed E-state index contributed by atoms with van der Waals surface area (Å²) in [5, 5.41) is 18.7. The number of nitrogens with one attached hydrogen (secondary N) is 3. The number of nitrogens with zero attached hydrogens (tertiary/aromatic N) is 4. The molecule has 0 atom stereocenters. The maximum atomic E-state index is 13.6. The number of pyridine rings is 1. The maximum absolute atomic E-state index is 13.6. The van der Waals surface area contributed by atoms with Gasteiger partial charge in [0.25, 0.3) is 27.0 Å². The molecule has 236 valence electrons. The van der Waals surface area contributed by atoms with Gasteiger partial charge in [-0.1, -0.05) is 41.6 Å². The molecule has 5 rings (SSSR count). The molecular weight excluding hydrogens is 664 g/mol. The van der Waals surface area contributed by atoms with Crippen LogP contribution in [0.5, 0.6) is 0 Å². The van der Waals surface area contributed by atoms with Crippen molar-refractivity contribution in [3.63, 3.8) is 0 Å². The molecule has 3 N–H and O–H groups in total. The fourth-order valence-corrected chi connectivity index (χ4v) is 6.22. The third-order valence-electron chi connectivity index (χ3n) is 6.39. The monoisotopic (exact) mass is 685 g/mol. The Balaban J connectivity index is 1.53. The Kier molecular flexibility index (Phi) is 9.50. The molecule has 0 fully saturated rings. The Bertz CT molecular complexity index is 2150. The predicted molar refractivity (Wildman–Crippen MR) is 174 cm³/mol. The second-order valence-corrected chi connectivity index (χ2v) is 12.6. The van der Waals surface area contributed by atoms with Gasteiger partial charge < -0.3 is 5.32 Å². The van der Waals surface area contributed by atoms with E-state index in [0.29, 0.717) is 33.6 Å². The lowest BCUT2D eigenvalue weighted by molar-refractivity contribution is -0.385. The van der Waals surface area contributed by atoms with Crippen LogP contribution < -0.4 is 21.0 Å². The van der Waals surface area contributed by atoms with Gasteiger partial charge in [-0.15, -0.1) is 0 Å². The highest BCUT2D eigenvalue weighted by Gasteiger charge is 2.24. The van der Waals surface area contributed by atoms with Crippen molar-refractivity contribution >= 4 is 73.8 Å². The van der Waals surface area contributed by atoms with Crippen LogP contribution in [0.1, 0.15) is 11.1 Å². The topological polar surface area (TPSA) is 160 Å². The van der Waals surface area contributed by atoms with Crippen molar-refractivity contribution in [1.82, 2.24) is 9.38 Å². The van der Waals surface area contributed by atoms with Crippen molar-refractivity contribution in [2.45, 2.75) is 22.5 Å². The van der Waals surface area contributed by atoms with E-state index in [-0.39, 0.29) is 27.8 Å². The standard InChI is InChI=1S/C29H22ClF2N7O5S2/c1-17-5-4-14-38-27(17)35-26(34-18-8-11-20(12-9-18)45-29(31)32)21(28(38)40)16-33-36-24-13-10-19(39(41)42)15-25(24)46(43,44)37-23-7-3-2-6-22(23)30/h2-16,29,34,36-37H,1H3/b33-16+. The van der Waals surface area contributed by atoms with Crippen LogP contribution in [0.2, 0.25) is 5.02 Å². The first kappa shape index (κ1) is 32.3. The molecule has 0 saturated carbocycles. The van der Waals surface area contributed by atoms with Crippen molar-refractivity contribution in [2.75, 3.05) is 15.5 Å². The first-order valence-corrected chi connectivity index (χ1v) is 15.9. The smallest absolute Gasteiger partial charge is 0.288 e. The van der Waals surface area contributed by atoms with Crippen LogP contribution >= 0.6 is 23.4 Å². The van der Waals surface area contributed by atoms with Gasteiger partial charge in [-0.2, -0.15) is 13.9 Å². The molecule has 5 aromatic rings. The molecular formula is C29H22ClF2N7O5S2. The number of non-ortho nitro benzene ring substituents is 1. The van der Waals surface area contributed by atoms with Gasteiger partial charge in [0, 0.05) is 28.9 Å². The molecule has 0 radical (unpaired) electrons. The molecule has 2 heterocycles. The number of rotatable bonds is 11. The Morgan fingerprint density at radius 2 is 1.80 bits per heavy atom. The zero-order valence-corrected chi connectivity index (χ0v) is 25.9. The summed E-state index contributed by atoms with van der Waals surface area (Å²) in [6, 6.07) is 18.6. The largest absolute Gasteiger partial charge is 0.339 e. The van der Waals surface area contributed by atoms with E-state index in [4.69, 9.17) is 11.6 Å².